The molecule has 1 rings (SSSR count). The molecule has 0 amide bonds. The quantitative estimate of drug-likeness (QED) is 0.415. The number of rotatable bonds is 8. The number of carbonyl (C=O) groups is 1. The van der Waals surface area contributed by atoms with Gasteiger partial charge in [-0.2, -0.15) is 0 Å². The predicted octanol–water partition coefficient (Wildman–Crippen LogP) is 3.81. The van der Waals surface area contributed by atoms with E-state index < -0.39 is 7.82 Å². The van der Waals surface area contributed by atoms with Gasteiger partial charge in [-0.3, -0.25) is 13.8 Å². The van der Waals surface area contributed by atoms with Gasteiger partial charge >= 0.3 is 7.82 Å². The Balaban J connectivity index is 3.07. The Bertz CT molecular complexity index is 500. The molecule has 0 aliphatic carbocycles. The minimum Gasteiger partial charge on any atom is -0.403 e. The number of ketones is 1. The summed E-state index contributed by atoms with van der Waals surface area (Å²) in [5.74, 6) is -0.0493. The van der Waals surface area contributed by atoms with E-state index in [4.69, 9.17) is 13.6 Å². The molecule has 0 unspecified atom stereocenters. The standard InChI is InChI=1S/C14H19O5P/c1-4-17-20(16,18-5-2)19-14(11-12(3)15)13-9-7-6-8-10-13/h6-11H,4-5H2,1-3H3/b14-11-. The molecule has 0 spiro atoms. The summed E-state index contributed by atoms with van der Waals surface area (Å²) in [7, 11) is -3.72. The maximum atomic E-state index is 12.4. The highest BCUT2D eigenvalue weighted by molar-refractivity contribution is 7.48. The second kappa shape index (κ2) is 8.00. The number of carbonyl (C=O) groups excluding carboxylic acids is 1. The van der Waals surface area contributed by atoms with Gasteiger partial charge in [-0.1, -0.05) is 30.3 Å². The van der Waals surface area contributed by atoms with E-state index in [-0.39, 0.29) is 24.8 Å². The van der Waals surface area contributed by atoms with Gasteiger partial charge in [0.15, 0.2) is 5.78 Å². The first-order valence-corrected chi connectivity index (χ1v) is 7.83. The zero-order chi connectivity index (χ0) is 15.0. The van der Waals surface area contributed by atoms with Crippen LogP contribution in [-0.4, -0.2) is 19.0 Å². The van der Waals surface area contributed by atoms with Gasteiger partial charge in [0.1, 0.15) is 5.76 Å². The van der Waals surface area contributed by atoms with Crippen molar-refractivity contribution in [1.29, 1.82) is 0 Å². The molecular weight excluding hydrogens is 279 g/mol. The first-order chi connectivity index (χ1) is 9.50. The van der Waals surface area contributed by atoms with Crippen LogP contribution in [0.25, 0.3) is 5.76 Å². The maximum Gasteiger partial charge on any atom is 0.530 e. The van der Waals surface area contributed by atoms with Gasteiger partial charge in [-0.15, -0.1) is 0 Å². The summed E-state index contributed by atoms with van der Waals surface area (Å²) >= 11 is 0. The Hall–Kier alpha value is -1.42. The van der Waals surface area contributed by atoms with Crippen LogP contribution in [0, 0.1) is 0 Å². The lowest BCUT2D eigenvalue weighted by Crippen LogP contribution is -2.01. The van der Waals surface area contributed by atoms with Crippen molar-refractivity contribution < 1.29 is 22.9 Å². The molecule has 0 aliphatic rings. The molecule has 110 valence electrons. The smallest absolute Gasteiger partial charge is 0.403 e. The fraction of sp³-hybridized carbons (Fsp3) is 0.357. The van der Waals surface area contributed by atoms with Gasteiger partial charge in [0, 0.05) is 11.6 Å². The normalized spacial score (nSPS) is 12.2. The zero-order valence-electron chi connectivity index (χ0n) is 11.9. The SMILES string of the molecule is CCOP(=O)(OCC)O/C(=C\C(C)=O)c1ccccc1. The third-order valence-electron chi connectivity index (χ3n) is 2.18. The number of benzene rings is 1. The Morgan fingerprint density at radius 2 is 1.70 bits per heavy atom. The van der Waals surface area contributed by atoms with E-state index in [2.05, 4.69) is 0 Å². The van der Waals surface area contributed by atoms with Crippen LogP contribution in [0.5, 0.6) is 0 Å². The first kappa shape index (κ1) is 16.6. The van der Waals surface area contributed by atoms with E-state index in [1.54, 1.807) is 38.1 Å². The summed E-state index contributed by atoms with van der Waals surface area (Å²) in [6.45, 7) is 5.12. The molecule has 5 nitrogen and oxygen atoms in total. The van der Waals surface area contributed by atoms with Crippen LogP contribution in [-0.2, 0) is 22.9 Å². The first-order valence-electron chi connectivity index (χ1n) is 6.37. The molecule has 1 aromatic carbocycles. The van der Waals surface area contributed by atoms with Crippen molar-refractivity contribution in [1.82, 2.24) is 0 Å². The van der Waals surface area contributed by atoms with Gasteiger partial charge in [-0.05, 0) is 20.8 Å². The van der Waals surface area contributed by atoms with Gasteiger partial charge in [0.25, 0.3) is 0 Å². The van der Waals surface area contributed by atoms with Gasteiger partial charge in [0.2, 0.25) is 0 Å². The van der Waals surface area contributed by atoms with Gasteiger partial charge in [-0.25, -0.2) is 4.57 Å². The van der Waals surface area contributed by atoms with Crippen LogP contribution in [0.4, 0.5) is 0 Å². The van der Waals surface area contributed by atoms with Gasteiger partial charge in [0.05, 0.1) is 13.2 Å². The summed E-state index contributed by atoms with van der Waals surface area (Å²) in [5.41, 5.74) is 0.627. The molecule has 6 heteroatoms. The van der Waals surface area contributed by atoms with Crippen LogP contribution in [0.3, 0.4) is 0 Å². The summed E-state index contributed by atoms with van der Waals surface area (Å²) < 4.78 is 27.9. The van der Waals surface area contributed by atoms with Crippen molar-refractivity contribution in [3.63, 3.8) is 0 Å². The second-order valence-electron chi connectivity index (χ2n) is 3.86. The van der Waals surface area contributed by atoms with E-state index in [1.807, 2.05) is 6.07 Å². The van der Waals surface area contributed by atoms with Crippen molar-refractivity contribution in [2.45, 2.75) is 20.8 Å². The minimum absolute atomic E-state index is 0.170. The Morgan fingerprint density at radius 3 is 2.15 bits per heavy atom. The van der Waals surface area contributed by atoms with Crippen molar-refractivity contribution in [2.75, 3.05) is 13.2 Å². The minimum atomic E-state index is -3.72. The number of phosphoric ester groups is 1. The van der Waals surface area contributed by atoms with Crippen LogP contribution in [0.1, 0.15) is 26.3 Å². The Labute approximate surface area is 119 Å². The molecule has 20 heavy (non-hydrogen) atoms. The van der Waals surface area contributed by atoms with Crippen molar-refractivity contribution in [3.05, 3.63) is 42.0 Å². The third-order valence-corrected chi connectivity index (χ3v) is 3.75. The van der Waals surface area contributed by atoms with Crippen LogP contribution < -0.4 is 0 Å². The van der Waals surface area contributed by atoms with E-state index in [1.165, 1.54) is 13.0 Å². The highest BCUT2D eigenvalue weighted by Gasteiger charge is 2.28. The number of hydrogen-bond acceptors (Lipinski definition) is 5. The summed E-state index contributed by atoms with van der Waals surface area (Å²) in [5, 5.41) is 0. The third kappa shape index (κ3) is 5.29. The van der Waals surface area contributed by atoms with E-state index in [9.17, 15) is 9.36 Å². The van der Waals surface area contributed by atoms with E-state index in [0.717, 1.165) is 0 Å². The van der Waals surface area contributed by atoms with Crippen LogP contribution in [0.2, 0.25) is 0 Å². The molecule has 1 aromatic rings. The fourth-order valence-electron chi connectivity index (χ4n) is 1.48. The molecule has 0 N–H and O–H groups in total. The molecule has 0 fully saturated rings. The predicted molar refractivity (Wildman–Crippen MR) is 77.0 cm³/mol. The Morgan fingerprint density at radius 1 is 1.15 bits per heavy atom. The highest BCUT2D eigenvalue weighted by atomic mass is 31.2. The largest absolute Gasteiger partial charge is 0.530 e. The molecule has 0 radical (unpaired) electrons. The molecule has 0 aliphatic heterocycles. The lowest BCUT2D eigenvalue weighted by Gasteiger charge is -2.19. The Kier molecular flexibility index (Phi) is 6.65. The molecule has 0 saturated heterocycles. The lowest BCUT2D eigenvalue weighted by atomic mass is 10.1. The maximum absolute atomic E-state index is 12.4. The van der Waals surface area contributed by atoms with Gasteiger partial charge < -0.3 is 4.52 Å². The van der Waals surface area contributed by atoms with Crippen molar-refractivity contribution >= 4 is 19.4 Å². The molecule has 0 bridgehead atoms. The topological polar surface area (TPSA) is 61.8 Å². The summed E-state index contributed by atoms with van der Waals surface area (Å²) in [4.78, 5) is 11.3. The second-order valence-corrected chi connectivity index (χ2v) is 5.45. The van der Waals surface area contributed by atoms with Crippen LogP contribution in [0.15, 0.2) is 36.4 Å². The average molecular weight is 298 g/mol. The summed E-state index contributed by atoms with van der Waals surface area (Å²) in [6.07, 6.45) is 1.26. The number of allylic oxidation sites excluding steroid dienone is 1. The molecule has 0 aromatic heterocycles. The highest BCUT2D eigenvalue weighted by Crippen LogP contribution is 2.52. The van der Waals surface area contributed by atoms with E-state index in [0.29, 0.717) is 5.56 Å². The number of phosphoric acid groups is 1. The van der Waals surface area contributed by atoms with Crippen LogP contribution >= 0.6 is 7.82 Å². The van der Waals surface area contributed by atoms with Crippen molar-refractivity contribution in [3.8, 4) is 0 Å². The van der Waals surface area contributed by atoms with E-state index >= 15 is 0 Å². The number of hydrogen-bond donors (Lipinski definition) is 0. The average Bonchev–Trinajstić information content (AvgIpc) is 2.39. The molecule has 0 heterocycles. The zero-order valence-corrected chi connectivity index (χ0v) is 12.8. The van der Waals surface area contributed by atoms with Crippen molar-refractivity contribution in [2.24, 2.45) is 0 Å². The molecule has 0 atom stereocenters. The molecule has 0 saturated carbocycles. The molecular formula is C14H19O5P. The summed E-state index contributed by atoms with van der Waals surface area (Å²) in [6, 6.07) is 8.91. The monoisotopic (exact) mass is 298 g/mol. The fourth-order valence-corrected chi connectivity index (χ4v) is 2.69. The lowest BCUT2D eigenvalue weighted by molar-refractivity contribution is -0.112.